The van der Waals surface area contributed by atoms with Gasteiger partial charge in [-0.2, -0.15) is 0 Å². The first-order chi connectivity index (χ1) is 8.19. The van der Waals surface area contributed by atoms with Crippen LogP contribution in [0.1, 0.15) is 25.5 Å². The third kappa shape index (κ3) is 1.90. The molecular formula is C15H22N2. The lowest BCUT2D eigenvalue weighted by atomic mass is 9.83. The summed E-state index contributed by atoms with van der Waals surface area (Å²) in [6.45, 7) is 9.66. The number of rotatable bonds is 2. The van der Waals surface area contributed by atoms with Gasteiger partial charge < -0.3 is 5.32 Å². The zero-order valence-corrected chi connectivity index (χ0v) is 10.8. The van der Waals surface area contributed by atoms with Crippen molar-refractivity contribution in [3.05, 3.63) is 35.9 Å². The number of nitrogens with one attached hydrogen (secondary N) is 1. The highest BCUT2D eigenvalue weighted by molar-refractivity contribution is 5.19. The Hall–Kier alpha value is -0.860. The predicted molar refractivity (Wildman–Crippen MR) is 70.9 cm³/mol. The molecule has 2 heterocycles. The average Bonchev–Trinajstić information content (AvgIpc) is 2.84. The van der Waals surface area contributed by atoms with Crippen molar-refractivity contribution in [2.75, 3.05) is 26.2 Å². The summed E-state index contributed by atoms with van der Waals surface area (Å²) in [6, 6.07) is 11.4. The second kappa shape index (κ2) is 4.11. The molecule has 0 aliphatic carbocycles. The van der Waals surface area contributed by atoms with E-state index >= 15 is 0 Å². The normalized spacial score (nSPS) is 34.8. The fraction of sp³-hybridized carbons (Fsp3) is 0.600. The Balaban J connectivity index is 1.75. The average molecular weight is 230 g/mol. The lowest BCUT2D eigenvalue weighted by molar-refractivity contribution is 0.225. The zero-order valence-electron chi connectivity index (χ0n) is 10.8. The molecule has 2 aliphatic rings. The van der Waals surface area contributed by atoms with Crippen LogP contribution in [-0.4, -0.2) is 31.1 Å². The summed E-state index contributed by atoms with van der Waals surface area (Å²) in [4.78, 5) is 2.65. The van der Waals surface area contributed by atoms with Crippen molar-refractivity contribution in [1.82, 2.24) is 10.2 Å². The van der Waals surface area contributed by atoms with Crippen molar-refractivity contribution in [3.8, 4) is 0 Å². The summed E-state index contributed by atoms with van der Waals surface area (Å²) in [5, 5.41) is 3.54. The van der Waals surface area contributed by atoms with Crippen molar-refractivity contribution >= 4 is 0 Å². The van der Waals surface area contributed by atoms with Gasteiger partial charge in [-0.05, 0) is 30.4 Å². The first kappa shape index (κ1) is 11.2. The summed E-state index contributed by atoms with van der Waals surface area (Å²) < 4.78 is 0. The molecule has 0 bridgehead atoms. The Morgan fingerprint density at radius 2 is 2.12 bits per heavy atom. The van der Waals surface area contributed by atoms with Crippen LogP contribution in [0, 0.1) is 11.3 Å². The molecule has 0 saturated carbocycles. The molecule has 2 fully saturated rings. The highest BCUT2D eigenvalue weighted by Crippen LogP contribution is 2.41. The van der Waals surface area contributed by atoms with Gasteiger partial charge >= 0.3 is 0 Å². The lowest BCUT2D eigenvalue weighted by Crippen LogP contribution is -2.31. The van der Waals surface area contributed by atoms with Crippen LogP contribution in [0.2, 0.25) is 0 Å². The molecule has 0 amide bonds. The molecule has 0 unspecified atom stereocenters. The molecule has 0 spiro atoms. The maximum atomic E-state index is 3.54. The van der Waals surface area contributed by atoms with E-state index in [1.54, 1.807) is 0 Å². The van der Waals surface area contributed by atoms with Crippen molar-refractivity contribution in [3.63, 3.8) is 0 Å². The topological polar surface area (TPSA) is 15.3 Å². The van der Waals surface area contributed by atoms with Crippen molar-refractivity contribution in [2.24, 2.45) is 11.3 Å². The van der Waals surface area contributed by atoms with Crippen LogP contribution in [-0.2, 0) is 0 Å². The third-order valence-corrected chi connectivity index (χ3v) is 4.75. The molecule has 1 aromatic carbocycles. The molecular weight excluding hydrogens is 208 g/mol. The van der Waals surface area contributed by atoms with Gasteiger partial charge in [-0.3, -0.25) is 4.90 Å². The number of hydrogen-bond donors (Lipinski definition) is 1. The second-order valence-corrected chi connectivity index (χ2v) is 6.00. The van der Waals surface area contributed by atoms with E-state index in [-0.39, 0.29) is 0 Å². The number of hydrogen-bond acceptors (Lipinski definition) is 2. The molecule has 2 heteroatoms. The fourth-order valence-electron chi connectivity index (χ4n) is 3.44. The molecule has 3 atom stereocenters. The highest BCUT2D eigenvalue weighted by atomic mass is 15.2. The molecule has 0 radical (unpaired) electrons. The van der Waals surface area contributed by atoms with Gasteiger partial charge in [-0.1, -0.05) is 37.3 Å². The van der Waals surface area contributed by atoms with E-state index in [4.69, 9.17) is 0 Å². The zero-order chi connectivity index (χ0) is 11.9. The van der Waals surface area contributed by atoms with Gasteiger partial charge in [-0.25, -0.2) is 0 Å². The van der Waals surface area contributed by atoms with Gasteiger partial charge in [0.25, 0.3) is 0 Å². The summed E-state index contributed by atoms with van der Waals surface area (Å²) in [7, 11) is 0. The molecule has 1 aromatic rings. The Morgan fingerprint density at radius 1 is 1.35 bits per heavy atom. The highest BCUT2D eigenvalue weighted by Gasteiger charge is 2.46. The number of nitrogens with zero attached hydrogens (tertiary/aromatic N) is 1. The van der Waals surface area contributed by atoms with Crippen LogP contribution >= 0.6 is 0 Å². The standard InChI is InChI=1S/C15H22N2/c1-12(13-6-4-3-5-7-13)17-9-14-8-16-10-15(14,2)11-17/h3-7,12,14,16H,8-11H2,1-2H3/t12-,14+,15-/m1/s1. The van der Waals surface area contributed by atoms with Crippen molar-refractivity contribution in [1.29, 1.82) is 0 Å². The molecule has 3 rings (SSSR count). The molecule has 2 aliphatic heterocycles. The van der Waals surface area contributed by atoms with E-state index in [1.807, 2.05) is 0 Å². The lowest BCUT2D eigenvalue weighted by Gasteiger charge is -2.27. The van der Waals surface area contributed by atoms with Crippen LogP contribution in [0.5, 0.6) is 0 Å². The summed E-state index contributed by atoms with van der Waals surface area (Å²) in [5.41, 5.74) is 1.95. The third-order valence-electron chi connectivity index (χ3n) is 4.75. The monoisotopic (exact) mass is 230 g/mol. The first-order valence-corrected chi connectivity index (χ1v) is 6.69. The summed E-state index contributed by atoms with van der Waals surface area (Å²) in [5.74, 6) is 0.841. The molecule has 92 valence electrons. The Bertz CT molecular complexity index is 389. The van der Waals surface area contributed by atoms with E-state index < -0.39 is 0 Å². The first-order valence-electron chi connectivity index (χ1n) is 6.69. The smallest absolute Gasteiger partial charge is 0.0320 e. The van der Waals surface area contributed by atoms with E-state index in [0.29, 0.717) is 11.5 Å². The number of fused-ring (bicyclic) bond motifs is 1. The molecule has 2 saturated heterocycles. The van der Waals surface area contributed by atoms with Crippen LogP contribution in [0.3, 0.4) is 0 Å². The van der Waals surface area contributed by atoms with Crippen LogP contribution in [0.25, 0.3) is 0 Å². The van der Waals surface area contributed by atoms with Crippen LogP contribution < -0.4 is 5.32 Å². The molecule has 0 aromatic heterocycles. The number of benzene rings is 1. The number of likely N-dealkylation sites (tertiary alicyclic amines) is 1. The van der Waals surface area contributed by atoms with Gasteiger partial charge in [0.15, 0.2) is 0 Å². The maximum absolute atomic E-state index is 3.54. The van der Waals surface area contributed by atoms with Crippen LogP contribution in [0.15, 0.2) is 30.3 Å². The minimum Gasteiger partial charge on any atom is -0.316 e. The molecule has 2 nitrogen and oxygen atoms in total. The minimum absolute atomic E-state index is 0.503. The fourth-order valence-corrected chi connectivity index (χ4v) is 3.44. The van der Waals surface area contributed by atoms with Crippen molar-refractivity contribution in [2.45, 2.75) is 19.9 Å². The summed E-state index contributed by atoms with van der Waals surface area (Å²) >= 11 is 0. The van der Waals surface area contributed by atoms with E-state index in [0.717, 1.165) is 5.92 Å². The Morgan fingerprint density at radius 3 is 2.82 bits per heavy atom. The summed E-state index contributed by atoms with van der Waals surface area (Å²) in [6.07, 6.45) is 0. The van der Waals surface area contributed by atoms with Crippen LogP contribution in [0.4, 0.5) is 0 Å². The van der Waals surface area contributed by atoms with E-state index in [1.165, 1.54) is 31.7 Å². The van der Waals surface area contributed by atoms with Crippen molar-refractivity contribution < 1.29 is 0 Å². The predicted octanol–water partition coefficient (Wildman–Crippen LogP) is 2.29. The minimum atomic E-state index is 0.503. The second-order valence-electron chi connectivity index (χ2n) is 6.00. The van der Waals surface area contributed by atoms with E-state index in [9.17, 15) is 0 Å². The maximum Gasteiger partial charge on any atom is 0.0320 e. The Labute approximate surface area is 104 Å². The Kier molecular flexibility index (Phi) is 2.72. The largest absolute Gasteiger partial charge is 0.316 e. The van der Waals surface area contributed by atoms with Gasteiger partial charge in [0.2, 0.25) is 0 Å². The van der Waals surface area contributed by atoms with Gasteiger partial charge in [0, 0.05) is 25.7 Å². The van der Waals surface area contributed by atoms with Gasteiger partial charge in [0.1, 0.15) is 0 Å². The molecule has 17 heavy (non-hydrogen) atoms. The SMILES string of the molecule is C[C@H](c1ccccc1)N1C[C@@H]2CNC[C@]2(C)C1. The van der Waals surface area contributed by atoms with E-state index in [2.05, 4.69) is 54.4 Å². The van der Waals surface area contributed by atoms with Gasteiger partial charge in [0.05, 0.1) is 0 Å². The van der Waals surface area contributed by atoms with Gasteiger partial charge in [-0.15, -0.1) is 0 Å². The molecule has 1 N–H and O–H groups in total. The quantitative estimate of drug-likeness (QED) is 0.838.